The molecule has 5 aliphatic rings. The first kappa shape index (κ1) is 40.5. The van der Waals surface area contributed by atoms with Crippen LogP contribution >= 0.6 is 0 Å². The van der Waals surface area contributed by atoms with Gasteiger partial charge >= 0.3 is 0 Å². The molecule has 9 rings (SSSR count). The molecule has 4 aromatic rings. The zero-order chi connectivity index (χ0) is 42.4. The summed E-state index contributed by atoms with van der Waals surface area (Å²) in [6.45, 7) is 12.8. The fourth-order valence-corrected chi connectivity index (χ4v) is 9.81. The minimum atomic E-state index is -0.663. The van der Waals surface area contributed by atoms with Crippen LogP contribution in [0.2, 0.25) is 0 Å². The molecule has 0 bridgehead atoms. The van der Waals surface area contributed by atoms with E-state index in [1.54, 1.807) is 29.7 Å². The van der Waals surface area contributed by atoms with Crippen molar-refractivity contribution in [1.29, 1.82) is 0 Å². The Hall–Kier alpha value is -5.94. The number of rotatable bonds is 11. The molecule has 17 heteroatoms. The number of hydrogen-bond donors (Lipinski definition) is 2. The van der Waals surface area contributed by atoms with Gasteiger partial charge in [-0.25, -0.2) is 9.97 Å². The van der Waals surface area contributed by atoms with Crippen LogP contribution in [0.4, 0.5) is 23.1 Å². The Labute approximate surface area is 354 Å². The van der Waals surface area contributed by atoms with E-state index in [-0.39, 0.29) is 41.2 Å². The topological polar surface area (TPSA) is 178 Å². The average molecular weight is 832 g/mol. The Morgan fingerprint density at radius 2 is 1.56 bits per heavy atom. The first-order valence-corrected chi connectivity index (χ1v) is 21.5. The predicted octanol–water partition coefficient (Wildman–Crippen LogP) is 3.27. The smallest absolute Gasteiger partial charge is 0.263 e. The lowest BCUT2D eigenvalue weighted by molar-refractivity contribution is -0.136. The second-order valence-corrected chi connectivity index (χ2v) is 16.9. The number of anilines is 4. The van der Waals surface area contributed by atoms with Gasteiger partial charge in [0.15, 0.2) is 5.78 Å². The third-order valence-electron chi connectivity index (χ3n) is 13.2. The van der Waals surface area contributed by atoms with Gasteiger partial charge in [0, 0.05) is 108 Å². The number of fused-ring (bicyclic) bond motifs is 2. The second kappa shape index (κ2) is 16.8. The number of ketones is 1. The molecule has 1 saturated carbocycles. The second-order valence-electron chi connectivity index (χ2n) is 16.9. The van der Waals surface area contributed by atoms with Crippen molar-refractivity contribution in [2.45, 2.75) is 71.0 Å². The summed E-state index contributed by atoms with van der Waals surface area (Å²) in [4.78, 5) is 89.1. The molecule has 3 aromatic heterocycles. The molecule has 0 spiro atoms. The molecular formula is C44H53N11O6. The summed E-state index contributed by atoms with van der Waals surface area (Å²) in [7, 11) is 1.57. The van der Waals surface area contributed by atoms with Crippen LogP contribution in [-0.2, 0) is 16.1 Å². The Morgan fingerprint density at radius 1 is 0.869 bits per heavy atom. The number of piperidine rings is 1. The summed E-state index contributed by atoms with van der Waals surface area (Å²) < 4.78 is 7.42. The summed E-state index contributed by atoms with van der Waals surface area (Å²) in [6.07, 6.45) is 7.97. The number of Topliss-reactive ketones (excluding diaryl/α,β-unsaturated/α-hetero) is 1. The van der Waals surface area contributed by atoms with Crippen molar-refractivity contribution < 1.29 is 23.9 Å². The van der Waals surface area contributed by atoms with Crippen LogP contribution in [0.3, 0.4) is 0 Å². The molecule has 7 heterocycles. The van der Waals surface area contributed by atoms with Gasteiger partial charge < -0.3 is 24.8 Å². The molecule has 1 aromatic carbocycles. The predicted molar refractivity (Wildman–Crippen MR) is 230 cm³/mol. The fraction of sp³-hybridized carbons (Fsp3) is 0.500. The molecule has 1 aliphatic carbocycles. The number of piperazine rings is 2. The number of benzene rings is 1. The molecule has 4 fully saturated rings. The average Bonchev–Trinajstić information content (AvgIpc) is 3.91. The quantitative estimate of drug-likeness (QED) is 0.166. The number of imide groups is 1. The summed E-state index contributed by atoms with van der Waals surface area (Å²) in [5.74, 6) is 0.284. The lowest BCUT2D eigenvalue weighted by atomic mass is 10.0. The maximum absolute atomic E-state index is 13.6. The van der Waals surface area contributed by atoms with Gasteiger partial charge in [-0.05, 0) is 62.4 Å². The SMILES string of the molecule is COc1cc(N2CCN(CCN3CCN(c4ccc(Nc5ncc6c(C)c(C(C)=O)c(=O)n(C7CCCC7)c6n5)nc4)CC3)CC2)cc2c1C(=O)N(C1CCC(=O)NC1=O)C2. The van der Waals surface area contributed by atoms with Gasteiger partial charge in [0.2, 0.25) is 17.8 Å². The molecule has 3 amide bonds. The van der Waals surface area contributed by atoms with E-state index >= 15 is 0 Å². The van der Waals surface area contributed by atoms with E-state index in [1.165, 1.54) is 6.92 Å². The molecular weight excluding hydrogens is 779 g/mol. The van der Waals surface area contributed by atoms with Crippen LogP contribution < -0.4 is 30.7 Å². The van der Waals surface area contributed by atoms with E-state index in [2.05, 4.69) is 52.3 Å². The van der Waals surface area contributed by atoms with Gasteiger partial charge in [0.25, 0.3) is 11.5 Å². The number of amides is 3. The van der Waals surface area contributed by atoms with Crippen LogP contribution in [0, 0.1) is 6.92 Å². The zero-order valence-corrected chi connectivity index (χ0v) is 35.1. The van der Waals surface area contributed by atoms with Gasteiger partial charge in [0.05, 0.1) is 30.1 Å². The molecule has 17 nitrogen and oxygen atoms in total. The maximum Gasteiger partial charge on any atom is 0.263 e. The molecule has 1 unspecified atom stereocenters. The Morgan fingerprint density at radius 3 is 2.18 bits per heavy atom. The summed E-state index contributed by atoms with van der Waals surface area (Å²) in [5.41, 5.74) is 4.53. The molecule has 1 atom stereocenters. The van der Waals surface area contributed by atoms with Crippen molar-refractivity contribution in [1.82, 2.24) is 39.5 Å². The monoisotopic (exact) mass is 831 g/mol. The first-order chi connectivity index (χ1) is 29.6. The summed E-state index contributed by atoms with van der Waals surface area (Å²) in [6, 6.07) is 7.33. The Balaban J connectivity index is 0.758. The molecule has 3 saturated heterocycles. The molecule has 61 heavy (non-hydrogen) atoms. The Bertz CT molecular complexity index is 2430. The number of nitrogens with zero attached hydrogens (tertiary/aromatic N) is 9. The lowest BCUT2D eigenvalue weighted by Gasteiger charge is -2.39. The van der Waals surface area contributed by atoms with E-state index in [0.717, 1.165) is 108 Å². The highest BCUT2D eigenvalue weighted by Crippen LogP contribution is 2.38. The number of carbonyl (C=O) groups is 4. The number of hydrogen-bond acceptors (Lipinski definition) is 14. The van der Waals surface area contributed by atoms with Crippen LogP contribution in [0.25, 0.3) is 11.0 Å². The molecule has 320 valence electrons. The number of pyridine rings is 2. The standard InChI is InChI=1S/C44H53N11O6/c1-27-33-25-46-44(49-40(33)55(30-6-4-5-7-30)43(60)38(27)28(2)56)47-36-10-8-31(24-45-36)52-18-14-50(15-19-52)12-13-51-16-20-53(21-17-51)32-22-29-26-54(34-9-11-37(57)48-41(34)58)42(59)39(29)35(23-32)61-3/h8,10,22-25,30,34H,4-7,9,11-21,26H2,1-3H3,(H,48,57,58)(H,45,46,47,49). The van der Waals surface area contributed by atoms with Gasteiger partial charge in [-0.15, -0.1) is 0 Å². The van der Waals surface area contributed by atoms with E-state index in [9.17, 15) is 24.0 Å². The highest BCUT2D eigenvalue weighted by atomic mass is 16.5. The highest BCUT2D eigenvalue weighted by molar-refractivity contribution is 6.07. The van der Waals surface area contributed by atoms with E-state index in [4.69, 9.17) is 9.72 Å². The third-order valence-corrected chi connectivity index (χ3v) is 13.2. The van der Waals surface area contributed by atoms with Crippen molar-refractivity contribution in [3.8, 4) is 5.75 Å². The van der Waals surface area contributed by atoms with Crippen LogP contribution in [-0.4, -0.2) is 136 Å². The number of aromatic nitrogens is 4. The molecule has 2 N–H and O–H groups in total. The number of ether oxygens (including phenoxy) is 1. The maximum atomic E-state index is 13.6. The minimum absolute atomic E-state index is 0.0121. The van der Waals surface area contributed by atoms with Gasteiger partial charge in [-0.1, -0.05) is 12.8 Å². The number of methoxy groups -OCH3 is 1. The van der Waals surface area contributed by atoms with Crippen molar-refractivity contribution in [2.24, 2.45) is 0 Å². The largest absolute Gasteiger partial charge is 0.496 e. The third kappa shape index (κ3) is 7.91. The van der Waals surface area contributed by atoms with Gasteiger partial charge in [-0.3, -0.25) is 43.7 Å². The number of carbonyl (C=O) groups excluding carboxylic acids is 4. The normalized spacial score (nSPS) is 20.4. The van der Waals surface area contributed by atoms with Crippen LogP contribution in [0.15, 0.2) is 41.5 Å². The Kier molecular flexibility index (Phi) is 11.2. The minimum Gasteiger partial charge on any atom is -0.496 e. The fourth-order valence-electron chi connectivity index (χ4n) is 9.81. The van der Waals surface area contributed by atoms with E-state index < -0.39 is 11.9 Å². The van der Waals surface area contributed by atoms with E-state index in [1.807, 2.05) is 18.3 Å². The summed E-state index contributed by atoms with van der Waals surface area (Å²) >= 11 is 0. The number of aryl methyl sites for hydroxylation is 1. The number of nitrogens with one attached hydrogen (secondary N) is 2. The molecule has 0 radical (unpaired) electrons. The molecule has 4 aliphatic heterocycles. The summed E-state index contributed by atoms with van der Waals surface area (Å²) in [5, 5.41) is 6.31. The van der Waals surface area contributed by atoms with Gasteiger partial charge in [-0.2, -0.15) is 4.98 Å². The zero-order valence-electron chi connectivity index (χ0n) is 35.1. The van der Waals surface area contributed by atoms with E-state index in [0.29, 0.717) is 52.6 Å². The van der Waals surface area contributed by atoms with Crippen molar-refractivity contribution in [3.63, 3.8) is 0 Å². The highest BCUT2D eigenvalue weighted by Gasteiger charge is 2.41. The van der Waals surface area contributed by atoms with Crippen molar-refractivity contribution in [2.75, 3.05) is 87.7 Å². The lowest BCUT2D eigenvalue weighted by Crippen LogP contribution is -2.52. The van der Waals surface area contributed by atoms with Gasteiger partial charge in [0.1, 0.15) is 23.3 Å². The first-order valence-electron chi connectivity index (χ1n) is 21.5. The van der Waals surface area contributed by atoms with Crippen LogP contribution in [0.5, 0.6) is 5.75 Å². The van der Waals surface area contributed by atoms with Crippen LogP contribution in [0.1, 0.15) is 83.3 Å². The van der Waals surface area contributed by atoms with Crippen molar-refractivity contribution in [3.05, 3.63) is 69.3 Å². The van der Waals surface area contributed by atoms with Crippen molar-refractivity contribution >= 4 is 57.7 Å².